The topological polar surface area (TPSA) is 33.5 Å². The summed E-state index contributed by atoms with van der Waals surface area (Å²) in [6.07, 6.45) is 1.89. The first-order valence-corrected chi connectivity index (χ1v) is 21.1. The Morgan fingerprint density at radius 1 is 0.571 bits per heavy atom. The van der Waals surface area contributed by atoms with Gasteiger partial charge in [0.1, 0.15) is 11.6 Å². The molecule has 10 rings (SSSR count). The number of benzene rings is 7. The first-order valence-electron chi connectivity index (χ1n) is 21.1. The Bertz CT molecular complexity index is 3140. The number of anilines is 4. The molecule has 1 aliphatic heterocycles. The summed E-state index contributed by atoms with van der Waals surface area (Å²) in [6.45, 7) is 15.5. The van der Waals surface area contributed by atoms with Gasteiger partial charge in [-0.2, -0.15) is 6.07 Å². The van der Waals surface area contributed by atoms with Crippen LogP contribution in [0, 0.1) is 24.6 Å². The van der Waals surface area contributed by atoms with E-state index in [4.69, 9.17) is 9.72 Å². The van der Waals surface area contributed by atoms with E-state index < -0.39 is 0 Å². The minimum atomic E-state index is -0.264. The number of rotatable bonds is 7. The first-order chi connectivity index (χ1) is 29.9. The average molecular weight is 1010 g/mol. The van der Waals surface area contributed by atoms with Gasteiger partial charge in [-0.15, -0.1) is 53.6 Å². The molecule has 1 aliphatic rings. The molecule has 0 bridgehead atoms. The molecule has 63 heavy (non-hydrogen) atoms. The van der Waals surface area contributed by atoms with Gasteiger partial charge in [0.25, 0.3) is 0 Å². The van der Waals surface area contributed by atoms with Crippen molar-refractivity contribution in [2.24, 2.45) is 0 Å². The van der Waals surface area contributed by atoms with Crippen LogP contribution in [-0.4, -0.2) is 9.55 Å². The van der Waals surface area contributed by atoms with Crippen LogP contribution >= 0.6 is 0 Å². The number of para-hydroxylation sites is 4. The van der Waals surface area contributed by atoms with E-state index in [9.17, 15) is 4.39 Å². The predicted octanol–water partition coefficient (Wildman–Crippen LogP) is 15.0. The van der Waals surface area contributed by atoms with E-state index in [1.165, 1.54) is 23.3 Å². The van der Waals surface area contributed by atoms with Gasteiger partial charge >= 0.3 is 0 Å². The molecule has 0 N–H and O–H groups in total. The standard InChI is InChI=1S/C56H46FN4O.Pt/c1-55(2,3)39-29-30-58-54(33-39)61-50-20-12-9-17-46(50)47-28-27-42(35-53(47)61)62-43-32-38(44-15-7-10-18-48(44)56(4,5)6)31-41(34-43)59-36-60(52-22-14-13-21-51(52)59)49-19-11-8-16-45(49)37-23-25-40(57)26-24-37;/h7-33,36H,1-6H3;/q-3;. The van der Waals surface area contributed by atoms with E-state index in [1.807, 2.05) is 36.5 Å². The monoisotopic (exact) mass is 1000 g/mol. The quantitative estimate of drug-likeness (QED) is 0.149. The van der Waals surface area contributed by atoms with Gasteiger partial charge in [-0.05, 0) is 87.0 Å². The third-order valence-corrected chi connectivity index (χ3v) is 11.7. The number of aromatic nitrogens is 2. The number of hydrogen-bond acceptors (Lipinski definition) is 4. The molecule has 2 aromatic heterocycles. The van der Waals surface area contributed by atoms with Crippen LogP contribution in [0.2, 0.25) is 0 Å². The van der Waals surface area contributed by atoms with Crippen LogP contribution in [0.25, 0.3) is 49.9 Å². The fraction of sp³-hybridized carbons (Fsp3) is 0.143. The van der Waals surface area contributed by atoms with Crippen molar-refractivity contribution in [1.82, 2.24) is 9.55 Å². The second-order valence-electron chi connectivity index (χ2n) is 18.0. The zero-order valence-corrected chi connectivity index (χ0v) is 38.3. The summed E-state index contributed by atoms with van der Waals surface area (Å²) in [7, 11) is 0. The number of nitrogens with zero attached hydrogens (tertiary/aromatic N) is 4. The number of hydrogen-bond donors (Lipinski definition) is 0. The SMILES string of the molecule is CC(C)(C)c1ccnc(-n2c3[c-]c(Oc4[c-]c(N5[CH-]N(c6ccccc6-c6ccc(F)cc6)c6ccccc65)cc(-c5ccccc5C(C)(C)C)c4)ccc3c3ccccc32)c1.[Pt]. The van der Waals surface area contributed by atoms with Crippen LogP contribution in [0.4, 0.5) is 27.1 Å². The van der Waals surface area contributed by atoms with Crippen molar-refractivity contribution >= 4 is 44.6 Å². The molecule has 316 valence electrons. The average Bonchev–Trinajstić information content (AvgIpc) is 3.82. The second kappa shape index (κ2) is 16.3. The van der Waals surface area contributed by atoms with E-state index in [2.05, 4.69) is 190 Å². The van der Waals surface area contributed by atoms with Gasteiger partial charge in [0.15, 0.2) is 0 Å². The molecular formula is C56H46FN4OPt-3. The summed E-state index contributed by atoms with van der Waals surface area (Å²) in [5.74, 6) is 1.70. The van der Waals surface area contributed by atoms with Crippen molar-refractivity contribution in [1.29, 1.82) is 0 Å². The minimum Gasteiger partial charge on any atom is -0.509 e. The zero-order chi connectivity index (χ0) is 42.8. The van der Waals surface area contributed by atoms with Crippen molar-refractivity contribution in [3.05, 3.63) is 200 Å². The van der Waals surface area contributed by atoms with Crippen molar-refractivity contribution in [2.75, 3.05) is 9.80 Å². The fourth-order valence-electron chi connectivity index (χ4n) is 8.61. The Hall–Kier alpha value is -6.49. The maximum Gasteiger partial charge on any atom is 0.135 e. The van der Waals surface area contributed by atoms with Crippen molar-refractivity contribution in [3.8, 4) is 39.6 Å². The summed E-state index contributed by atoms with van der Waals surface area (Å²) in [4.78, 5) is 9.25. The van der Waals surface area contributed by atoms with Crippen LogP contribution < -0.4 is 14.5 Å². The molecule has 7 heteroatoms. The van der Waals surface area contributed by atoms with Gasteiger partial charge in [0.2, 0.25) is 0 Å². The maximum atomic E-state index is 14.1. The van der Waals surface area contributed by atoms with Crippen LogP contribution in [0.5, 0.6) is 11.5 Å². The third-order valence-electron chi connectivity index (χ3n) is 11.7. The number of ether oxygens (including phenoxy) is 1. The van der Waals surface area contributed by atoms with Crippen LogP contribution in [0.15, 0.2) is 164 Å². The Balaban J connectivity index is 0.00000504. The van der Waals surface area contributed by atoms with E-state index in [0.717, 1.165) is 72.6 Å². The molecule has 0 amide bonds. The molecule has 5 nitrogen and oxygen atoms in total. The summed E-state index contributed by atoms with van der Waals surface area (Å²) in [5.41, 5.74) is 12.0. The smallest absolute Gasteiger partial charge is 0.135 e. The van der Waals surface area contributed by atoms with Gasteiger partial charge in [-0.3, -0.25) is 0 Å². The second-order valence-corrected chi connectivity index (χ2v) is 18.0. The molecule has 0 aliphatic carbocycles. The molecule has 0 radical (unpaired) electrons. The zero-order valence-electron chi connectivity index (χ0n) is 36.1. The molecule has 0 unspecified atom stereocenters. The Kier molecular flexibility index (Phi) is 10.8. The Morgan fingerprint density at radius 2 is 1.24 bits per heavy atom. The van der Waals surface area contributed by atoms with Crippen LogP contribution in [-0.2, 0) is 31.9 Å². The Labute approximate surface area is 383 Å². The van der Waals surface area contributed by atoms with E-state index in [-0.39, 0.29) is 37.7 Å². The van der Waals surface area contributed by atoms with E-state index in [1.54, 1.807) is 0 Å². The van der Waals surface area contributed by atoms with E-state index in [0.29, 0.717) is 11.5 Å². The predicted molar refractivity (Wildman–Crippen MR) is 252 cm³/mol. The maximum absolute atomic E-state index is 14.1. The number of halogens is 1. The summed E-state index contributed by atoms with van der Waals surface area (Å²) in [5, 5.41) is 2.19. The third kappa shape index (κ3) is 7.83. The van der Waals surface area contributed by atoms with Crippen molar-refractivity contribution in [3.63, 3.8) is 0 Å². The molecule has 0 saturated heterocycles. The van der Waals surface area contributed by atoms with Gasteiger partial charge in [-0.25, -0.2) is 9.37 Å². The molecule has 3 heterocycles. The van der Waals surface area contributed by atoms with Crippen LogP contribution in [0.1, 0.15) is 52.7 Å². The van der Waals surface area contributed by atoms with Gasteiger partial charge < -0.3 is 19.1 Å². The summed E-state index contributed by atoms with van der Waals surface area (Å²) < 4.78 is 23.1. The number of fused-ring (bicyclic) bond motifs is 4. The summed E-state index contributed by atoms with van der Waals surface area (Å²) in [6, 6.07) is 60.3. The number of pyridine rings is 1. The fourth-order valence-corrected chi connectivity index (χ4v) is 8.61. The first kappa shape index (κ1) is 41.8. The summed E-state index contributed by atoms with van der Waals surface area (Å²) >= 11 is 0. The molecule has 0 atom stereocenters. The van der Waals surface area contributed by atoms with Gasteiger partial charge in [0.05, 0.1) is 0 Å². The normalized spacial score (nSPS) is 12.7. The Morgan fingerprint density at radius 3 is 1.98 bits per heavy atom. The molecule has 9 aromatic rings. The van der Waals surface area contributed by atoms with Crippen molar-refractivity contribution in [2.45, 2.75) is 52.4 Å². The van der Waals surface area contributed by atoms with Gasteiger partial charge in [0, 0.05) is 66.9 Å². The molecular weight excluding hydrogens is 959 g/mol. The van der Waals surface area contributed by atoms with Crippen LogP contribution in [0.3, 0.4) is 0 Å². The molecule has 0 fully saturated rings. The largest absolute Gasteiger partial charge is 0.509 e. The van der Waals surface area contributed by atoms with Crippen molar-refractivity contribution < 1.29 is 30.2 Å². The molecule has 0 saturated carbocycles. The molecule has 7 aromatic carbocycles. The molecule has 0 spiro atoms. The van der Waals surface area contributed by atoms with E-state index >= 15 is 0 Å². The minimum absolute atomic E-state index is 0. The van der Waals surface area contributed by atoms with Gasteiger partial charge in [-0.1, -0.05) is 132 Å².